The molecule has 2 unspecified atom stereocenters. The quantitative estimate of drug-likeness (QED) is 0.794. The van der Waals surface area contributed by atoms with Crippen LogP contribution in [0.3, 0.4) is 0 Å². The second-order valence-corrected chi connectivity index (χ2v) is 6.52. The number of aromatic nitrogens is 3. The molecule has 0 aliphatic carbocycles. The van der Waals surface area contributed by atoms with Gasteiger partial charge in [-0.3, -0.25) is 14.4 Å². The van der Waals surface area contributed by atoms with Crippen LogP contribution in [-0.2, 0) is 18.4 Å². The minimum atomic E-state index is 0.0271. The number of nitrogens with zero attached hydrogens (tertiary/aromatic N) is 4. The Labute approximate surface area is 131 Å². The van der Waals surface area contributed by atoms with Crippen LogP contribution in [0, 0.1) is 5.92 Å². The molecule has 2 atom stereocenters. The maximum Gasteiger partial charge on any atom is 0.237 e. The summed E-state index contributed by atoms with van der Waals surface area (Å²) in [4.78, 5) is 14.5. The van der Waals surface area contributed by atoms with Gasteiger partial charge in [-0.25, -0.2) is 0 Å². The molecule has 122 valence electrons. The van der Waals surface area contributed by atoms with Crippen LogP contribution in [0.1, 0.15) is 31.4 Å². The molecule has 3 rings (SSSR count). The molecule has 0 saturated carbocycles. The van der Waals surface area contributed by atoms with Crippen molar-refractivity contribution in [3.8, 4) is 0 Å². The van der Waals surface area contributed by atoms with Crippen LogP contribution in [0.5, 0.6) is 0 Å². The molecule has 2 aliphatic rings. The molecular formula is C15H26N6O. The van der Waals surface area contributed by atoms with E-state index in [0.29, 0.717) is 5.92 Å². The standard InChI is InChI=1S/C15H26N6O/c1-20-10-13(18-19-20)11-21-7-3-4-12(9-21)8-17-15(22)14-5-2-6-16-14/h10,12,14,16H,2-9,11H2,1H3,(H,17,22). The molecule has 7 heteroatoms. The monoisotopic (exact) mass is 306 g/mol. The SMILES string of the molecule is Cn1cc(CN2CCCC(CNC(=O)C3CCCN3)C2)nn1. The van der Waals surface area contributed by atoms with Crippen molar-refractivity contribution in [2.45, 2.75) is 38.3 Å². The van der Waals surface area contributed by atoms with Crippen LogP contribution in [0.15, 0.2) is 6.20 Å². The maximum absolute atomic E-state index is 12.1. The number of nitrogens with one attached hydrogen (secondary N) is 2. The molecule has 0 spiro atoms. The van der Waals surface area contributed by atoms with Gasteiger partial charge in [-0.2, -0.15) is 0 Å². The van der Waals surface area contributed by atoms with Gasteiger partial charge in [0.2, 0.25) is 5.91 Å². The summed E-state index contributed by atoms with van der Waals surface area (Å²) in [6.07, 6.45) is 6.41. The lowest BCUT2D eigenvalue weighted by atomic mass is 9.97. The summed E-state index contributed by atoms with van der Waals surface area (Å²) in [6.45, 7) is 4.73. The van der Waals surface area contributed by atoms with E-state index in [1.54, 1.807) is 4.68 Å². The van der Waals surface area contributed by atoms with Gasteiger partial charge in [-0.1, -0.05) is 5.21 Å². The maximum atomic E-state index is 12.1. The van der Waals surface area contributed by atoms with E-state index in [1.807, 2.05) is 13.2 Å². The van der Waals surface area contributed by atoms with Gasteiger partial charge in [0.25, 0.3) is 0 Å². The molecule has 2 N–H and O–H groups in total. The van der Waals surface area contributed by atoms with Gasteiger partial charge in [0.05, 0.1) is 11.7 Å². The molecule has 1 aromatic heterocycles. The van der Waals surface area contributed by atoms with Gasteiger partial charge in [0.1, 0.15) is 0 Å². The number of piperidine rings is 1. The molecule has 7 nitrogen and oxygen atoms in total. The molecule has 2 fully saturated rings. The van der Waals surface area contributed by atoms with Crippen LogP contribution in [0.2, 0.25) is 0 Å². The average molecular weight is 306 g/mol. The minimum absolute atomic E-state index is 0.0271. The van der Waals surface area contributed by atoms with Gasteiger partial charge in [-0.05, 0) is 44.7 Å². The Morgan fingerprint density at radius 2 is 2.36 bits per heavy atom. The fourth-order valence-corrected chi connectivity index (χ4v) is 3.43. The van der Waals surface area contributed by atoms with E-state index < -0.39 is 0 Å². The van der Waals surface area contributed by atoms with Crippen LogP contribution in [0.4, 0.5) is 0 Å². The first-order valence-electron chi connectivity index (χ1n) is 8.29. The van der Waals surface area contributed by atoms with Crippen LogP contribution in [-0.4, -0.2) is 58.0 Å². The lowest BCUT2D eigenvalue weighted by Crippen LogP contribution is -2.45. The van der Waals surface area contributed by atoms with Gasteiger partial charge in [-0.15, -0.1) is 5.10 Å². The molecule has 2 saturated heterocycles. The highest BCUT2D eigenvalue weighted by atomic mass is 16.2. The van der Waals surface area contributed by atoms with Gasteiger partial charge < -0.3 is 10.6 Å². The summed E-state index contributed by atoms with van der Waals surface area (Å²) >= 11 is 0. The first-order chi connectivity index (χ1) is 10.7. The van der Waals surface area contributed by atoms with E-state index in [2.05, 4.69) is 25.8 Å². The molecule has 0 bridgehead atoms. The summed E-state index contributed by atoms with van der Waals surface area (Å²) in [6, 6.07) is 0.0271. The Kier molecular flexibility index (Phi) is 5.04. The Balaban J connectivity index is 1.43. The zero-order valence-electron chi connectivity index (χ0n) is 13.3. The zero-order valence-corrected chi connectivity index (χ0v) is 13.3. The lowest BCUT2D eigenvalue weighted by molar-refractivity contribution is -0.123. The number of likely N-dealkylation sites (tertiary alicyclic amines) is 1. The van der Waals surface area contributed by atoms with E-state index in [-0.39, 0.29) is 11.9 Å². The number of rotatable bonds is 5. The van der Waals surface area contributed by atoms with E-state index in [4.69, 9.17) is 0 Å². The van der Waals surface area contributed by atoms with Gasteiger partial charge >= 0.3 is 0 Å². The minimum Gasteiger partial charge on any atom is -0.354 e. The molecule has 3 heterocycles. The van der Waals surface area contributed by atoms with Crippen molar-refractivity contribution in [3.63, 3.8) is 0 Å². The molecule has 0 aromatic carbocycles. The number of hydrogen-bond acceptors (Lipinski definition) is 5. The summed E-state index contributed by atoms with van der Waals surface area (Å²) in [7, 11) is 1.89. The third kappa shape index (κ3) is 4.04. The zero-order chi connectivity index (χ0) is 15.4. The molecule has 1 amide bonds. The smallest absolute Gasteiger partial charge is 0.237 e. The third-order valence-electron chi connectivity index (χ3n) is 4.58. The van der Waals surface area contributed by atoms with Crippen LogP contribution < -0.4 is 10.6 Å². The Morgan fingerprint density at radius 1 is 1.45 bits per heavy atom. The summed E-state index contributed by atoms with van der Waals surface area (Å²) in [5.41, 5.74) is 1.02. The highest BCUT2D eigenvalue weighted by Crippen LogP contribution is 2.17. The molecule has 0 radical (unpaired) electrons. The fourth-order valence-electron chi connectivity index (χ4n) is 3.43. The number of carbonyl (C=O) groups excluding carboxylic acids is 1. The molecule has 2 aliphatic heterocycles. The van der Waals surface area contributed by atoms with E-state index >= 15 is 0 Å². The largest absolute Gasteiger partial charge is 0.354 e. The van der Waals surface area contributed by atoms with Crippen molar-refractivity contribution in [1.82, 2.24) is 30.5 Å². The Hall–Kier alpha value is -1.47. The average Bonchev–Trinajstić information content (AvgIpc) is 3.17. The predicted octanol–water partition coefficient (Wildman–Crippen LogP) is -0.105. The highest BCUT2D eigenvalue weighted by Gasteiger charge is 2.24. The van der Waals surface area contributed by atoms with E-state index in [1.165, 1.54) is 12.8 Å². The third-order valence-corrected chi connectivity index (χ3v) is 4.58. The summed E-state index contributed by atoms with van der Waals surface area (Å²) in [5, 5.41) is 14.5. The summed E-state index contributed by atoms with van der Waals surface area (Å²) < 4.78 is 1.74. The van der Waals surface area contributed by atoms with Crippen molar-refractivity contribution >= 4 is 5.91 Å². The van der Waals surface area contributed by atoms with E-state index in [0.717, 1.165) is 51.3 Å². The summed E-state index contributed by atoms with van der Waals surface area (Å²) in [5.74, 6) is 0.708. The van der Waals surface area contributed by atoms with Crippen molar-refractivity contribution < 1.29 is 4.79 Å². The molecular weight excluding hydrogens is 280 g/mol. The number of aryl methyl sites for hydroxylation is 1. The first-order valence-corrected chi connectivity index (χ1v) is 8.29. The van der Waals surface area contributed by atoms with Gasteiger partial charge in [0, 0.05) is 32.9 Å². The topological polar surface area (TPSA) is 75.1 Å². The van der Waals surface area contributed by atoms with E-state index in [9.17, 15) is 4.79 Å². The number of carbonyl (C=O) groups is 1. The van der Waals surface area contributed by atoms with Crippen molar-refractivity contribution in [3.05, 3.63) is 11.9 Å². The lowest BCUT2D eigenvalue weighted by Gasteiger charge is -2.32. The normalized spacial score (nSPS) is 26.2. The second-order valence-electron chi connectivity index (χ2n) is 6.52. The predicted molar refractivity (Wildman–Crippen MR) is 83.0 cm³/mol. The molecule has 1 aromatic rings. The second kappa shape index (κ2) is 7.19. The van der Waals surface area contributed by atoms with Crippen LogP contribution >= 0.6 is 0 Å². The van der Waals surface area contributed by atoms with Crippen LogP contribution in [0.25, 0.3) is 0 Å². The number of amides is 1. The van der Waals surface area contributed by atoms with Gasteiger partial charge in [0.15, 0.2) is 0 Å². The Bertz CT molecular complexity index is 496. The number of hydrogen-bond donors (Lipinski definition) is 2. The fraction of sp³-hybridized carbons (Fsp3) is 0.800. The highest BCUT2D eigenvalue weighted by molar-refractivity contribution is 5.81. The van der Waals surface area contributed by atoms with Crippen molar-refractivity contribution in [2.24, 2.45) is 13.0 Å². The molecule has 22 heavy (non-hydrogen) atoms. The first kappa shape index (κ1) is 15.4. The van der Waals surface area contributed by atoms with Crippen molar-refractivity contribution in [1.29, 1.82) is 0 Å². The Morgan fingerprint density at radius 3 is 3.09 bits per heavy atom. The van der Waals surface area contributed by atoms with Crippen molar-refractivity contribution in [2.75, 3.05) is 26.2 Å².